The van der Waals surface area contributed by atoms with Gasteiger partial charge in [-0.05, 0) is 37.8 Å². The molecular weight excluding hydrogens is 257 g/mol. The number of phenols is 1. The first-order valence-corrected chi connectivity index (χ1v) is 6.74. The lowest BCUT2D eigenvalue weighted by Gasteiger charge is -2.42. The average molecular weight is 274 g/mol. The van der Waals surface area contributed by atoms with Crippen molar-refractivity contribution in [2.24, 2.45) is 0 Å². The van der Waals surface area contributed by atoms with Gasteiger partial charge in [-0.1, -0.05) is 30.1 Å². The van der Waals surface area contributed by atoms with Crippen LogP contribution >= 0.6 is 23.2 Å². The predicted octanol–water partition coefficient (Wildman–Crippen LogP) is 4.12. The van der Waals surface area contributed by atoms with Crippen molar-refractivity contribution in [3.8, 4) is 5.75 Å². The molecule has 1 aromatic rings. The fourth-order valence-corrected chi connectivity index (χ4v) is 2.83. The van der Waals surface area contributed by atoms with Crippen LogP contribution in [0.3, 0.4) is 0 Å². The summed E-state index contributed by atoms with van der Waals surface area (Å²) in [7, 11) is 0. The first-order valence-electron chi connectivity index (χ1n) is 5.98. The van der Waals surface area contributed by atoms with E-state index in [1.165, 1.54) is 19.3 Å². The van der Waals surface area contributed by atoms with Crippen LogP contribution in [-0.2, 0) is 6.54 Å². The van der Waals surface area contributed by atoms with E-state index in [4.69, 9.17) is 23.2 Å². The van der Waals surface area contributed by atoms with Gasteiger partial charge in [0.2, 0.25) is 0 Å². The van der Waals surface area contributed by atoms with E-state index in [0.29, 0.717) is 16.6 Å². The molecule has 0 amide bonds. The number of rotatable bonds is 4. The number of halogens is 2. The molecule has 1 aromatic carbocycles. The van der Waals surface area contributed by atoms with Crippen LogP contribution < -0.4 is 5.32 Å². The molecule has 1 aliphatic carbocycles. The topological polar surface area (TPSA) is 32.3 Å². The highest BCUT2D eigenvalue weighted by molar-refractivity contribution is 6.35. The van der Waals surface area contributed by atoms with Gasteiger partial charge in [-0.3, -0.25) is 0 Å². The number of phenolic OH excluding ortho intramolecular Hbond substituents is 1. The lowest BCUT2D eigenvalue weighted by Crippen LogP contribution is -2.49. The van der Waals surface area contributed by atoms with Gasteiger partial charge in [0, 0.05) is 22.7 Å². The highest BCUT2D eigenvalue weighted by atomic mass is 35.5. The third-order valence-electron chi connectivity index (χ3n) is 3.75. The molecule has 2 nitrogen and oxygen atoms in total. The summed E-state index contributed by atoms with van der Waals surface area (Å²) in [5.41, 5.74) is 1.02. The molecule has 0 heterocycles. The fraction of sp³-hybridized carbons (Fsp3) is 0.538. The molecule has 1 fully saturated rings. The Bertz CT molecular complexity index is 411. The second-order valence-electron chi connectivity index (χ2n) is 4.74. The summed E-state index contributed by atoms with van der Waals surface area (Å²) in [6.07, 6.45) is 4.81. The Kier molecular flexibility index (Phi) is 3.86. The zero-order valence-corrected chi connectivity index (χ0v) is 11.4. The van der Waals surface area contributed by atoms with Gasteiger partial charge in [0.25, 0.3) is 0 Å². The van der Waals surface area contributed by atoms with Gasteiger partial charge in [-0.25, -0.2) is 0 Å². The number of aromatic hydroxyl groups is 1. The van der Waals surface area contributed by atoms with Crippen molar-refractivity contribution >= 4 is 23.2 Å². The predicted molar refractivity (Wildman–Crippen MR) is 71.8 cm³/mol. The van der Waals surface area contributed by atoms with Crippen LogP contribution in [-0.4, -0.2) is 10.6 Å². The first kappa shape index (κ1) is 13.0. The molecule has 0 unspecified atom stereocenters. The molecule has 2 rings (SSSR count). The Morgan fingerprint density at radius 2 is 2.06 bits per heavy atom. The normalized spacial score (nSPS) is 17.8. The zero-order valence-electron chi connectivity index (χ0n) is 9.89. The van der Waals surface area contributed by atoms with Crippen molar-refractivity contribution < 1.29 is 5.11 Å². The van der Waals surface area contributed by atoms with Crippen molar-refractivity contribution in [2.45, 2.75) is 44.7 Å². The molecule has 1 aliphatic rings. The van der Waals surface area contributed by atoms with E-state index in [1.807, 2.05) is 0 Å². The van der Waals surface area contributed by atoms with Gasteiger partial charge in [0.05, 0.1) is 5.02 Å². The number of nitrogens with one attached hydrogen (secondary N) is 1. The van der Waals surface area contributed by atoms with Crippen LogP contribution in [0.15, 0.2) is 12.1 Å². The molecular formula is C13H17Cl2NO. The van der Waals surface area contributed by atoms with Crippen molar-refractivity contribution in [1.82, 2.24) is 5.32 Å². The van der Waals surface area contributed by atoms with E-state index < -0.39 is 0 Å². The minimum absolute atomic E-state index is 0.133. The third kappa shape index (κ3) is 2.70. The van der Waals surface area contributed by atoms with Crippen LogP contribution in [0.4, 0.5) is 0 Å². The molecule has 0 radical (unpaired) electrons. The second kappa shape index (κ2) is 5.05. The molecule has 17 heavy (non-hydrogen) atoms. The SMILES string of the molecule is CCC1(NCc2cc(Cl)cc(Cl)c2O)CCC1. The fourth-order valence-electron chi connectivity index (χ4n) is 2.30. The number of hydrogen-bond acceptors (Lipinski definition) is 2. The van der Waals surface area contributed by atoms with E-state index in [2.05, 4.69) is 12.2 Å². The molecule has 0 aromatic heterocycles. The molecule has 0 aliphatic heterocycles. The monoisotopic (exact) mass is 273 g/mol. The molecule has 0 spiro atoms. The van der Waals surface area contributed by atoms with Gasteiger partial charge in [0.1, 0.15) is 5.75 Å². The molecule has 0 saturated heterocycles. The van der Waals surface area contributed by atoms with E-state index in [-0.39, 0.29) is 11.3 Å². The maximum atomic E-state index is 9.85. The Morgan fingerprint density at radius 1 is 1.35 bits per heavy atom. The van der Waals surface area contributed by atoms with Crippen LogP contribution in [0, 0.1) is 0 Å². The highest BCUT2D eigenvalue weighted by Crippen LogP contribution is 2.36. The van der Waals surface area contributed by atoms with Crippen molar-refractivity contribution in [2.75, 3.05) is 0 Å². The molecule has 1 saturated carbocycles. The standard InChI is InChI=1S/C13H17Cl2NO/c1-2-13(4-3-5-13)16-8-9-6-10(14)7-11(15)12(9)17/h6-7,16-17H,2-5,8H2,1H3. The minimum atomic E-state index is 0.133. The van der Waals surface area contributed by atoms with Crippen molar-refractivity contribution in [3.63, 3.8) is 0 Å². The van der Waals surface area contributed by atoms with Crippen LogP contribution in [0.1, 0.15) is 38.2 Å². The Hall–Kier alpha value is -0.440. The summed E-state index contributed by atoms with van der Waals surface area (Å²) in [6.45, 7) is 2.80. The molecule has 0 bridgehead atoms. The minimum Gasteiger partial charge on any atom is -0.506 e. The first-order chi connectivity index (χ1) is 8.06. The van der Waals surface area contributed by atoms with Gasteiger partial charge >= 0.3 is 0 Å². The summed E-state index contributed by atoms with van der Waals surface area (Å²) in [5, 5.41) is 14.2. The van der Waals surface area contributed by atoms with Gasteiger partial charge in [-0.15, -0.1) is 0 Å². The maximum Gasteiger partial charge on any atom is 0.138 e. The van der Waals surface area contributed by atoms with Gasteiger partial charge in [-0.2, -0.15) is 0 Å². The lowest BCUT2D eigenvalue weighted by atomic mass is 9.75. The van der Waals surface area contributed by atoms with Crippen molar-refractivity contribution in [1.29, 1.82) is 0 Å². The van der Waals surface area contributed by atoms with Gasteiger partial charge < -0.3 is 10.4 Å². The Morgan fingerprint density at radius 3 is 2.59 bits per heavy atom. The molecule has 94 valence electrons. The number of hydrogen-bond donors (Lipinski definition) is 2. The molecule has 0 atom stereocenters. The van der Waals surface area contributed by atoms with E-state index in [9.17, 15) is 5.11 Å². The van der Waals surface area contributed by atoms with Gasteiger partial charge in [0.15, 0.2) is 0 Å². The Balaban J connectivity index is 2.08. The summed E-state index contributed by atoms with van der Waals surface area (Å²) in [6, 6.07) is 3.32. The Labute approximate surface area is 112 Å². The van der Waals surface area contributed by atoms with E-state index in [0.717, 1.165) is 12.0 Å². The molecule has 2 N–H and O–H groups in total. The van der Waals surface area contributed by atoms with Crippen molar-refractivity contribution in [3.05, 3.63) is 27.7 Å². The quantitative estimate of drug-likeness (QED) is 0.865. The van der Waals surface area contributed by atoms with Crippen LogP contribution in [0.5, 0.6) is 5.75 Å². The maximum absolute atomic E-state index is 9.85. The smallest absolute Gasteiger partial charge is 0.138 e. The largest absolute Gasteiger partial charge is 0.506 e. The van der Waals surface area contributed by atoms with E-state index in [1.54, 1.807) is 12.1 Å². The zero-order chi connectivity index (χ0) is 12.5. The molecule has 4 heteroatoms. The number of benzene rings is 1. The second-order valence-corrected chi connectivity index (χ2v) is 5.58. The highest BCUT2D eigenvalue weighted by Gasteiger charge is 2.34. The van der Waals surface area contributed by atoms with Crippen LogP contribution in [0.25, 0.3) is 0 Å². The summed E-state index contributed by atoms with van der Waals surface area (Å²) < 4.78 is 0. The van der Waals surface area contributed by atoms with Crippen LogP contribution in [0.2, 0.25) is 10.0 Å². The summed E-state index contributed by atoms with van der Waals surface area (Å²) in [5.74, 6) is 0.133. The third-order valence-corrected chi connectivity index (χ3v) is 4.25. The summed E-state index contributed by atoms with van der Waals surface area (Å²) >= 11 is 11.8. The average Bonchev–Trinajstić information content (AvgIpc) is 2.23. The lowest BCUT2D eigenvalue weighted by molar-refractivity contribution is 0.175. The van der Waals surface area contributed by atoms with E-state index >= 15 is 0 Å². The summed E-state index contributed by atoms with van der Waals surface area (Å²) in [4.78, 5) is 0.